The Morgan fingerprint density at radius 2 is 1.72 bits per heavy atom. The number of aliphatic imine (C=N–C) groups is 1. The van der Waals surface area contributed by atoms with E-state index in [2.05, 4.69) is 15.2 Å². The monoisotopic (exact) mass is 562 g/mol. The Balaban J connectivity index is 0.00000363. The highest BCUT2D eigenvalue weighted by molar-refractivity contribution is 14.0. The lowest BCUT2D eigenvalue weighted by Gasteiger charge is -2.37. The standard InChI is InChI=1S/C22H34N4O5.HI/c1-23-22(26-11-9-25(10-12-26)21(27)18-6-5-13-31-18)24-8-7-17-19(29-3)14-16(28-2)15-20(17)30-4;/h14-15,18H,5-13H2,1-4H3,(H,23,24);1H. The molecule has 0 spiro atoms. The lowest BCUT2D eigenvalue weighted by molar-refractivity contribution is -0.142. The zero-order valence-electron chi connectivity index (χ0n) is 19.4. The van der Waals surface area contributed by atoms with E-state index in [0.29, 0.717) is 38.4 Å². The number of carbonyl (C=O) groups excluding carboxylic acids is 1. The molecular formula is C22H35IN4O5. The summed E-state index contributed by atoms with van der Waals surface area (Å²) < 4.78 is 21.9. The fourth-order valence-electron chi connectivity index (χ4n) is 4.07. The van der Waals surface area contributed by atoms with Gasteiger partial charge < -0.3 is 34.1 Å². The molecule has 0 radical (unpaired) electrons. The summed E-state index contributed by atoms with van der Waals surface area (Å²) in [5.74, 6) is 3.11. The number of ether oxygens (including phenoxy) is 4. The van der Waals surface area contributed by atoms with Gasteiger partial charge in [0.15, 0.2) is 5.96 Å². The molecule has 1 unspecified atom stereocenters. The molecule has 0 saturated carbocycles. The summed E-state index contributed by atoms with van der Waals surface area (Å²) in [6, 6.07) is 3.72. The molecule has 10 heteroatoms. The van der Waals surface area contributed by atoms with Gasteiger partial charge in [-0.1, -0.05) is 0 Å². The Morgan fingerprint density at radius 3 is 2.22 bits per heavy atom. The van der Waals surface area contributed by atoms with Crippen LogP contribution in [0.1, 0.15) is 18.4 Å². The maximum absolute atomic E-state index is 12.5. The second-order valence-corrected chi connectivity index (χ2v) is 7.55. The van der Waals surface area contributed by atoms with Crippen molar-refractivity contribution in [3.8, 4) is 17.2 Å². The second kappa shape index (κ2) is 12.9. The van der Waals surface area contributed by atoms with E-state index >= 15 is 0 Å². The molecule has 2 saturated heterocycles. The van der Waals surface area contributed by atoms with E-state index in [-0.39, 0.29) is 36.0 Å². The SMILES string of the molecule is CN=C(NCCc1c(OC)cc(OC)cc1OC)N1CCN(C(=O)C2CCCO2)CC1.I. The highest BCUT2D eigenvalue weighted by Crippen LogP contribution is 2.34. The summed E-state index contributed by atoms with van der Waals surface area (Å²) in [6.45, 7) is 4.21. The van der Waals surface area contributed by atoms with Gasteiger partial charge in [-0.15, -0.1) is 24.0 Å². The van der Waals surface area contributed by atoms with Crippen LogP contribution in [-0.2, 0) is 16.0 Å². The summed E-state index contributed by atoms with van der Waals surface area (Å²) in [4.78, 5) is 21.1. The summed E-state index contributed by atoms with van der Waals surface area (Å²) in [5, 5.41) is 3.42. The van der Waals surface area contributed by atoms with Gasteiger partial charge in [0.1, 0.15) is 23.4 Å². The number of methoxy groups -OCH3 is 3. The Bertz CT molecular complexity index is 753. The fourth-order valence-corrected chi connectivity index (χ4v) is 4.07. The maximum Gasteiger partial charge on any atom is 0.251 e. The average molecular weight is 562 g/mol. The smallest absolute Gasteiger partial charge is 0.251 e. The molecule has 32 heavy (non-hydrogen) atoms. The maximum atomic E-state index is 12.5. The van der Waals surface area contributed by atoms with Crippen molar-refractivity contribution < 1.29 is 23.7 Å². The first kappa shape index (κ1) is 26.3. The van der Waals surface area contributed by atoms with Gasteiger partial charge in [0.05, 0.1) is 21.3 Å². The number of nitrogens with one attached hydrogen (secondary N) is 1. The van der Waals surface area contributed by atoms with Crippen molar-refractivity contribution in [3.63, 3.8) is 0 Å². The number of piperazine rings is 1. The van der Waals surface area contributed by atoms with Crippen LogP contribution in [0.5, 0.6) is 17.2 Å². The minimum Gasteiger partial charge on any atom is -0.496 e. The third-order valence-corrected chi connectivity index (χ3v) is 5.78. The van der Waals surface area contributed by atoms with Crippen LogP contribution in [0.4, 0.5) is 0 Å². The van der Waals surface area contributed by atoms with E-state index in [0.717, 1.165) is 49.0 Å². The fraction of sp³-hybridized carbons (Fsp3) is 0.636. The van der Waals surface area contributed by atoms with Crippen LogP contribution >= 0.6 is 24.0 Å². The third-order valence-electron chi connectivity index (χ3n) is 5.78. The van der Waals surface area contributed by atoms with Gasteiger partial charge in [0.25, 0.3) is 5.91 Å². The molecule has 2 aliphatic rings. The lowest BCUT2D eigenvalue weighted by Crippen LogP contribution is -2.55. The largest absolute Gasteiger partial charge is 0.496 e. The molecule has 9 nitrogen and oxygen atoms in total. The van der Waals surface area contributed by atoms with Crippen LogP contribution in [0.2, 0.25) is 0 Å². The molecule has 0 bridgehead atoms. The number of hydrogen-bond acceptors (Lipinski definition) is 6. The van der Waals surface area contributed by atoms with Gasteiger partial charge in [-0.05, 0) is 19.3 Å². The van der Waals surface area contributed by atoms with E-state index in [4.69, 9.17) is 18.9 Å². The van der Waals surface area contributed by atoms with Crippen LogP contribution in [-0.4, -0.2) is 95.5 Å². The number of halogens is 1. The Morgan fingerprint density at radius 1 is 1.09 bits per heavy atom. The van der Waals surface area contributed by atoms with Crippen LogP contribution in [0, 0.1) is 0 Å². The van der Waals surface area contributed by atoms with E-state index < -0.39 is 0 Å². The highest BCUT2D eigenvalue weighted by atomic mass is 127. The minimum absolute atomic E-state index is 0. The summed E-state index contributed by atoms with van der Waals surface area (Å²) in [5.41, 5.74) is 0.973. The molecule has 1 aromatic rings. The van der Waals surface area contributed by atoms with Crippen molar-refractivity contribution in [1.82, 2.24) is 15.1 Å². The van der Waals surface area contributed by atoms with Gasteiger partial charge in [-0.3, -0.25) is 9.79 Å². The van der Waals surface area contributed by atoms with Gasteiger partial charge in [0, 0.05) is 64.1 Å². The molecule has 0 aromatic heterocycles. The quantitative estimate of drug-likeness (QED) is 0.308. The average Bonchev–Trinajstić information content (AvgIpc) is 3.36. The Labute approximate surface area is 207 Å². The van der Waals surface area contributed by atoms with Crippen molar-refractivity contribution in [3.05, 3.63) is 17.7 Å². The van der Waals surface area contributed by atoms with E-state index in [1.807, 2.05) is 17.0 Å². The molecule has 0 aliphatic carbocycles. The van der Waals surface area contributed by atoms with Crippen LogP contribution in [0.3, 0.4) is 0 Å². The number of amides is 1. The molecule has 3 rings (SSSR count). The first-order valence-electron chi connectivity index (χ1n) is 10.8. The number of rotatable bonds is 7. The van der Waals surface area contributed by atoms with E-state index in [9.17, 15) is 4.79 Å². The first-order chi connectivity index (χ1) is 15.1. The normalized spacial score (nSPS) is 18.8. The molecule has 180 valence electrons. The molecule has 2 heterocycles. The molecule has 1 aromatic carbocycles. The molecule has 2 aliphatic heterocycles. The van der Waals surface area contributed by atoms with Crippen molar-refractivity contribution >= 4 is 35.8 Å². The highest BCUT2D eigenvalue weighted by Gasteiger charge is 2.30. The predicted molar refractivity (Wildman–Crippen MR) is 134 cm³/mol. The van der Waals surface area contributed by atoms with Crippen molar-refractivity contribution in [1.29, 1.82) is 0 Å². The van der Waals surface area contributed by atoms with Crippen LogP contribution in [0.15, 0.2) is 17.1 Å². The van der Waals surface area contributed by atoms with E-state index in [1.165, 1.54) is 0 Å². The minimum atomic E-state index is -0.251. The number of carbonyl (C=O) groups is 1. The van der Waals surface area contributed by atoms with Gasteiger partial charge >= 0.3 is 0 Å². The second-order valence-electron chi connectivity index (χ2n) is 7.55. The molecule has 2 fully saturated rings. The van der Waals surface area contributed by atoms with Crippen molar-refractivity contribution in [2.24, 2.45) is 4.99 Å². The van der Waals surface area contributed by atoms with Gasteiger partial charge in [0.2, 0.25) is 0 Å². The Kier molecular flexibility index (Phi) is 10.6. The number of nitrogens with zero attached hydrogens (tertiary/aromatic N) is 3. The van der Waals surface area contributed by atoms with Crippen LogP contribution < -0.4 is 19.5 Å². The van der Waals surface area contributed by atoms with E-state index in [1.54, 1.807) is 28.4 Å². The third kappa shape index (κ3) is 6.31. The lowest BCUT2D eigenvalue weighted by atomic mass is 10.1. The van der Waals surface area contributed by atoms with Crippen LogP contribution in [0.25, 0.3) is 0 Å². The number of guanidine groups is 1. The van der Waals surface area contributed by atoms with Gasteiger partial charge in [-0.2, -0.15) is 0 Å². The molecule has 1 amide bonds. The number of hydrogen-bond donors (Lipinski definition) is 1. The predicted octanol–water partition coefficient (Wildman–Crippen LogP) is 1.77. The zero-order chi connectivity index (χ0) is 22.2. The van der Waals surface area contributed by atoms with Crippen molar-refractivity contribution in [2.75, 3.05) is 67.7 Å². The van der Waals surface area contributed by atoms with Gasteiger partial charge in [-0.25, -0.2) is 0 Å². The molecule has 1 N–H and O–H groups in total. The number of benzene rings is 1. The summed E-state index contributed by atoms with van der Waals surface area (Å²) >= 11 is 0. The van der Waals surface area contributed by atoms with Crippen molar-refractivity contribution in [2.45, 2.75) is 25.4 Å². The molecular weight excluding hydrogens is 527 g/mol. The summed E-state index contributed by atoms with van der Waals surface area (Å²) in [6.07, 6.45) is 2.25. The molecule has 1 atom stereocenters. The summed E-state index contributed by atoms with van der Waals surface area (Å²) in [7, 11) is 6.68. The first-order valence-corrected chi connectivity index (χ1v) is 10.8. The topological polar surface area (TPSA) is 84.9 Å². The zero-order valence-corrected chi connectivity index (χ0v) is 21.7. The Hall–Kier alpha value is -1.95.